The zero-order valence-corrected chi connectivity index (χ0v) is 30.9. The van der Waals surface area contributed by atoms with Gasteiger partial charge in [-0.2, -0.15) is 0 Å². The Morgan fingerprint density at radius 2 is 1.94 bits per heavy atom. The maximum atomic E-state index is 14.8. The first-order valence-electron chi connectivity index (χ1n) is 18.4. The number of carbonyl (C=O) groups excluding carboxylic acids is 4. The summed E-state index contributed by atoms with van der Waals surface area (Å²) in [6.07, 6.45) is 9.96. The predicted molar refractivity (Wildman–Crippen MR) is 193 cm³/mol. The standard InChI is InChI=1S/C37H43FN8O7S/c1-3-25-33(43-30-24(38)11-9-13-26(30)41-25)53-23-18-29-32(48)44-37(35(50)45-54(51,52)36(2)15-16-36)19-22(37)10-7-5-4-6-8-12-28(34(49)46(29)20-23)42-31(47)27-14-17-39-21-40-27/h7,9-11,13-14,17,21-23,28-29H,3-6,8,12,15-16,18-20H2,1-2H3,(H,42,47)(H,44,48)(H,45,50)/t22-,23-,28+,29+,37-/m1/s1. The fourth-order valence-corrected chi connectivity index (χ4v) is 8.46. The first-order valence-corrected chi connectivity index (χ1v) is 19.9. The second-order valence-corrected chi connectivity index (χ2v) is 17.0. The molecular weight excluding hydrogens is 720 g/mol. The van der Waals surface area contributed by atoms with E-state index in [4.69, 9.17) is 4.74 Å². The number of nitrogens with one attached hydrogen (secondary N) is 3. The van der Waals surface area contributed by atoms with Gasteiger partial charge in [-0.1, -0.05) is 38.0 Å². The van der Waals surface area contributed by atoms with E-state index in [1.54, 1.807) is 13.0 Å². The minimum absolute atomic E-state index is 0.00894. The zero-order valence-electron chi connectivity index (χ0n) is 30.1. The topological polar surface area (TPSA) is 203 Å². The van der Waals surface area contributed by atoms with Gasteiger partial charge in [-0.3, -0.25) is 23.9 Å². The number of ether oxygens (including phenoxy) is 1. The molecule has 3 aromatic rings. The summed E-state index contributed by atoms with van der Waals surface area (Å²) in [5.41, 5.74) is -0.680. The molecule has 2 saturated carbocycles. The van der Waals surface area contributed by atoms with E-state index in [-0.39, 0.29) is 42.9 Å². The summed E-state index contributed by atoms with van der Waals surface area (Å²) in [4.78, 5) is 74.2. The van der Waals surface area contributed by atoms with Crippen molar-refractivity contribution in [3.05, 3.63) is 66.1 Å². The third kappa shape index (κ3) is 7.37. The van der Waals surface area contributed by atoms with Crippen LogP contribution in [0, 0.1) is 11.7 Å². The summed E-state index contributed by atoms with van der Waals surface area (Å²) in [6, 6.07) is 3.64. The molecule has 15 nitrogen and oxygen atoms in total. The number of sulfonamides is 1. The number of aromatic nitrogens is 4. The zero-order chi connectivity index (χ0) is 38.3. The maximum absolute atomic E-state index is 14.8. The molecule has 5 atom stereocenters. The highest BCUT2D eigenvalue weighted by atomic mass is 32.2. The summed E-state index contributed by atoms with van der Waals surface area (Å²) < 4.78 is 48.5. The number of aryl methyl sites for hydroxylation is 1. The van der Waals surface area contributed by atoms with Gasteiger partial charge in [-0.25, -0.2) is 32.7 Å². The lowest BCUT2D eigenvalue weighted by molar-refractivity contribution is -0.141. The van der Waals surface area contributed by atoms with Crippen molar-refractivity contribution in [2.24, 2.45) is 5.92 Å². The van der Waals surface area contributed by atoms with Gasteiger partial charge < -0.3 is 20.3 Å². The van der Waals surface area contributed by atoms with Crippen molar-refractivity contribution in [1.29, 1.82) is 0 Å². The average molecular weight is 763 g/mol. The fourth-order valence-electron chi connectivity index (χ4n) is 7.15. The molecule has 54 heavy (non-hydrogen) atoms. The van der Waals surface area contributed by atoms with Crippen molar-refractivity contribution in [2.45, 2.75) is 107 Å². The van der Waals surface area contributed by atoms with Crippen LogP contribution in [0.25, 0.3) is 11.0 Å². The Bertz CT molecular complexity index is 2120. The van der Waals surface area contributed by atoms with E-state index < -0.39 is 73.9 Å². The molecule has 0 radical (unpaired) electrons. The smallest absolute Gasteiger partial charge is 0.270 e. The number of hydrogen-bond donors (Lipinski definition) is 3. The summed E-state index contributed by atoms with van der Waals surface area (Å²) in [5.74, 6) is -3.64. The lowest BCUT2D eigenvalue weighted by Gasteiger charge is -2.30. The number of fused-ring (bicyclic) bond motifs is 3. The first-order chi connectivity index (χ1) is 25.8. The molecule has 7 rings (SSSR count). The number of halogens is 1. The van der Waals surface area contributed by atoms with Crippen LogP contribution in [0.4, 0.5) is 4.39 Å². The van der Waals surface area contributed by atoms with Gasteiger partial charge in [0, 0.05) is 18.5 Å². The summed E-state index contributed by atoms with van der Waals surface area (Å²) >= 11 is 0. The molecular formula is C37H43FN8O7S. The molecule has 1 aromatic carbocycles. The van der Waals surface area contributed by atoms with Crippen molar-refractivity contribution >= 4 is 44.7 Å². The quantitative estimate of drug-likeness (QED) is 0.285. The fraction of sp³-hybridized carbons (Fsp3) is 0.514. The van der Waals surface area contributed by atoms with Crippen LogP contribution < -0.4 is 20.1 Å². The van der Waals surface area contributed by atoms with Crippen LogP contribution >= 0.6 is 0 Å². The SMILES string of the molecule is CCc1nc2cccc(F)c2nc1O[C@@H]1C[C@H]2C(=O)N[C@]3(C(=O)NS(=O)(=O)C4(C)CC4)C[C@H]3C=CCCCCC[C@H](NC(=O)c3ccncn3)C(=O)N2C1. The van der Waals surface area contributed by atoms with Crippen LogP contribution in [0.5, 0.6) is 5.88 Å². The van der Waals surface area contributed by atoms with Gasteiger partial charge in [-0.05, 0) is 70.1 Å². The van der Waals surface area contributed by atoms with Crippen LogP contribution in [0.1, 0.15) is 87.8 Å². The Morgan fingerprint density at radius 1 is 1.13 bits per heavy atom. The number of allylic oxidation sites excluding steroid dienone is 1. The van der Waals surface area contributed by atoms with E-state index >= 15 is 0 Å². The predicted octanol–water partition coefficient (Wildman–Crippen LogP) is 2.66. The first kappa shape index (κ1) is 37.3. The Labute approximate surface area is 312 Å². The molecule has 1 saturated heterocycles. The minimum Gasteiger partial charge on any atom is -0.471 e. The minimum atomic E-state index is -4.02. The Morgan fingerprint density at radius 3 is 2.69 bits per heavy atom. The van der Waals surface area contributed by atoms with Crippen molar-refractivity contribution in [3.8, 4) is 5.88 Å². The molecule has 4 amide bonds. The van der Waals surface area contributed by atoms with Crippen LogP contribution in [-0.4, -0.2) is 91.9 Å². The lowest BCUT2D eigenvalue weighted by Crippen LogP contribution is -2.58. The van der Waals surface area contributed by atoms with Crippen molar-refractivity contribution < 1.29 is 36.7 Å². The van der Waals surface area contributed by atoms with Crippen LogP contribution in [-0.2, 0) is 30.8 Å². The van der Waals surface area contributed by atoms with Crippen molar-refractivity contribution in [2.75, 3.05) is 6.54 Å². The van der Waals surface area contributed by atoms with Gasteiger partial charge >= 0.3 is 0 Å². The largest absolute Gasteiger partial charge is 0.471 e. The number of hydrogen-bond acceptors (Lipinski definition) is 11. The van der Waals surface area contributed by atoms with E-state index in [9.17, 15) is 32.0 Å². The number of benzene rings is 1. The van der Waals surface area contributed by atoms with E-state index in [2.05, 4.69) is 35.3 Å². The monoisotopic (exact) mass is 762 g/mol. The second kappa shape index (κ2) is 14.6. The molecule has 17 heteroatoms. The Balaban J connectivity index is 1.21. The highest BCUT2D eigenvalue weighted by molar-refractivity contribution is 7.91. The molecule has 2 aromatic heterocycles. The third-order valence-corrected chi connectivity index (χ3v) is 13.0. The third-order valence-electron chi connectivity index (χ3n) is 10.9. The van der Waals surface area contributed by atoms with Gasteiger partial charge in [0.1, 0.15) is 47.0 Å². The van der Waals surface area contributed by atoms with Gasteiger partial charge in [0.05, 0.1) is 16.8 Å². The normalized spacial score (nSPS) is 26.8. The molecule has 4 heterocycles. The molecule has 0 unspecified atom stereocenters. The maximum Gasteiger partial charge on any atom is 0.270 e. The molecule has 0 spiro atoms. The molecule has 3 fully saturated rings. The van der Waals surface area contributed by atoms with E-state index in [0.717, 1.165) is 12.8 Å². The van der Waals surface area contributed by atoms with E-state index in [0.29, 0.717) is 43.3 Å². The second-order valence-electron chi connectivity index (χ2n) is 14.8. The number of nitrogens with zero attached hydrogens (tertiary/aromatic N) is 5. The number of carbonyl (C=O) groups is 4. The molecule has 4 aliphatic rings. The highest BCUT2D eigenvalue weighted by Crippen LogP contribution is 2.47. The number of para-hydroxylation sites is 1. The number of amides is 4. The molecule has 2 aliphatic carbocycles. The summed E-state index contributed by atoms with van der Waals surface area (Å²) in [5, 5.41) is 5.65. The van der Waals surface area contributed by atoms with Crippen molar-refractivity contribution in [3.63, 3.8) is 0 Å². The molecule has 0 bridgehead atoms. The Hall–Kier alpha value is -5.06. The van der Waals surface area contributed by atoms with Crippen molar-refractivity contribution in [1.82, 2.24) is 40.2 Å². The molecule has 3 N–H and O–H groups in total. The van der Waals surface area contributed by atoms with E-state index in [1.807, 2.05) is 19.1 Å². The molecule has 2 aliphatic heterocycles. The molecule has 286 valence electrons. The number of rotatable bonds is 8. The van der Waals surface area contributed by atoms with Crippen LogP contribution in [0.3, 0.4) is 0 Å². The average Bonchev–Trinajstić information content (AvgIpc) is 4.04. The van der Waals surface area contributed by atoms with Gasteiger partial charge in [-0.15, -0.1) is 0 Å². The van der Waals surface area contributed by atoms with Crippen LogP contribution in [0.15, 0.2) is 48.9 Å². The van der Waals surface area contributed by atoms with Gasteiger partial charge in [0.15, 0.2) is 5.82 Å². The summed E-state index contributed by atoms with van der Waals surface area (Å²) in [6.45, 7) is 3.31. The van der Waals surface area contributed by atoms with Gasteiger partial charge in [0.2, 0.25) is 27.7 Å². The summed E-state index contributed by atoms with van der Waals surface area (Å²) in [7, 11) is -4.02. The van der Waals surface area contributed by atoms with Gasteiger partial charge in [0.25, 0.3) is 11.8 Å². The lowest BCUT2D eigenvalue weighted by atomic mass is 10.0. The Kier molecular flexibility index (Phi) is 10.1. The van der Waals surface area contributed by atoms with Crippen LogP contribution in [0.2, 0.25) is 0 Å². The highest BCUT2D eigenvalue weighted by Gasteiger charge is 2.63. The van der Waals surface area contributed by atoms with E-state index in [1.165, 1.54) is 35.6 Å².